The second-order valence-electron chi connectivity index (χ2n) is 3.18. The molecule has 0 aliphatic rings. The Hall–Kier alpha value is -1.24. The Morgan fingerprint density at radius 1 is 1.25 bits per heavy atom. The van der Waals surface area contributed by atoms with Crippen LogP contribution in [0.5, 0.6) is 11.5 Å². The standard InChI is InChI=1S/C11H10INO3/c1-15-7-5-3-4-6-9(7)13-11(14)8(12)10(6)16-2/h3-5H,1-2H3,(H,13,14). The van der Waals surface area contributed by atoms with Gasteiger partial charge < -0.3 is 14.5 Å². The van der Waals surface area contributed by atoms with E-state index in [4.69, 9.17) is 9.47 Å². The predicted octanol–water partition coefficient (Wildman–Crippen LogP) is 2.15. The molecule has 0 saturated heterocycles. The summed E-state index contributed by atoms with van der Waals surface area (Å²) in [5, 5.41) is 0.839. The third kappa shape index (κ3) is 1.64. The molecule has 2 rings (SSSR count). The van der Waals surface area contributed by atoms with Crippen molar-refractivity contribution in [1.29, 1.82) is 0 Å². The van der Waals surface area contributed by atoms with Crippen LogP contribution in [0.2, 0.25) is 0 Å². The van der Waals surface area contributed by atoms with E-state index in [-0.39, 0.29) is 5.56 Å². The second-order valence-corrected chi connectivity index (χ2v) is 4.26. The van der Waals surface area contributed by atoms with E-state index in [0.29, 0.717) is 20.6 Å². The van der Waals surface area contributed by atoms with Gasteiger partial charge in [0.05, 0.1) is 19.7 Å². The first-order chi connectivity index (χ1) is 7.69. The number of halogens is 1. The van der Waals surface area contributed by atoms with E-state index in [2.05, 4.69) is 4.98 Å². The monoisotopic (exact) mass is 331 g/mol. The van der Waals surface area contributed by atoms with Crippen molar-refractivity contribution in [1.82, 2.24) is 4.98 Å². The quantitative estimate of drug-likeness (QED) is 0.858. The van der Waals surface area contributed by atoms with E-state index >= 15 is 0 Å². The fourth-order valence-corrected chi connectivity index (χ4v) is 2.25. The third-order valence-electron chi connectivity index (χ3n) is 2.33. The minimum atomic E-state index is -0.172. The zero-order valence-electron chi connectivity index (χ0n) is 8.83. The smallest absolute Gasteiger partial charge is 0.265 e. The van der Waals surface area contributed by atoms with Crippen molar-refractivity contribution in [3.05, 3.63) is 32.1 Å². The van der Waals surface area contributed by atoms with Crippen LogP contribution in [0.3, 0.4) is 0 Å². The Morgan fingerprint density at radius 2 is 2.00 bits per heavy atom. The predicted molar refractivity (Wildman–Crippen MR) is 70.4 cm³/mol. The second kappa shape index (κ2) is 4.32. The highest BCUT2D eigenvalue weighted by Gasteiger charge is 2.12. The minimum absolute atomic E-state index is 0.172. The molecule has 0 aliphatic heterocycles. The summed E-state index contributed by atoms with van der Waals surface area (Å²) >= 11 is 1.97. The van der Waals surface area contributed by atoms with Crippen molar-refractivity contribution in [2.75, 3.05) is 14.2 Å². The molecule has 5 heteroatoms. The molecule has 0 radical (unpaired) electrons. The number of H-pyrrole nitrogens is 1. The van der Waals surface area contributed by atoms with Gasteiger partial charge in [0.1, 0.15) is 15.1 Å². The maximum Gasteiger partial charge on any atom is 0.265 e. The van der Waals surface area contributed by atoms with Gasteiger partial charge in [-0.15, -0.1) is 0 Å². The molecule has 2 aromatic rings. The number of fused-ring (bicyclic) bond motifs is 1. The van der Waals surface area contributed by atoms with Crippen LogP contribution in [0.4, 0.5) is 0 Å². The van der Waals surface area contributed by atoms with Gasteiger partial charge in [0.2, 0.25) is 0 Å². The summed E-state index contributed by atoms with van der Waals surface area (Å²) in [5.41, 5.74) is 0.488. The molecule has 1 N–H and O–H groups in total. The highest BCUT2D eigenvalue weighted by Crippen LogP contribution is 2.31. The lowest BCUT2D eigenvalue weighted by atomic mass is 10.2. The summed E-state index contributed by atoms with van der Waals surface area (Å²) in [6, 6.07) is 5.54. The van der Waals surface area contributed by atoms with Gasteiger partial charge in [0.25, 0.3) is 5.56 Å². The maximum absolute atomic E-state index is 11.7. The van der Waals surface area contributed by atoms with Crippen molar-refractivity contribution >= 4 is 33.5 Å². The molecule has 1 aromatic carbocycles. The van der Waals surface area contributed by atoms with E-state index in [1.54, 1.807) is 20.3 Å². The molecule has 84 valence electrons. The van der Waals surface area contributed by atoms with Gasteiger partial charge in [-0.05, 0) is 34.7 Å². The van der Waals surface area contributed by atoms with Crippen LogP contribution in [0.1, 0.15) is 0 Å². The number of methoxy groups -OCH3 is 2. The number of hydrogen-bond donors (Lipinski definition) is 1. The van der Waals surface area contributed by atoms with Crippen molar-refractivity contribution in [3.63, 3.8) is 0 Å². The topological polar surface area (TPSA) is 51.3 Å². The minimum Gasteiger partial charge on any atom is -0.495 e. The van der Waals surface area contributed by atoms with Crippen LogP contribution < -0.4 is 15.0 Å². The highest BCUT2D eigenvalue weighted by atomic mass is 127. The lowest BCUT2D eigenvalue weighted by molar-refractivity contribution is 0.412. The lowest BCUT2D eigenvalue weighted by Crippen LogP contribution is -2.11. The molecule has 1 aromatic heterocycles. The molecule has 4 nitrogen and oxygen atoms in total. The van der Waals surface area contributed by atoms with E-state index in [9.17, 15) is 4.79 Å². The molecule has 0 unspecified atom stereocenters. The Kier molecular flexibility index (Phi) is 3.04. The number of aromatic nitrogens is 1. The van der Waals surface area contributed by atoms with E-state index < -0.39 is 0 Å². The fourth-order valence-electron chi connectivity index (χ4n) is 1.61. The van der Waals surface area contributed by atoms with E-state index in [1.807, 2.05) is 34.7 Å². The first-order valence-electron chi connectivity index (χ1n) is 4.61. The SMILES string of the molecule is COc1c(I)c(=O)[nH]c2c(OC)cccc12. The summed E-state index contributed by atoms with van der Waals surface area (Å²) < 4.78 is 11.0. The molecule has 0 amide bonds. The molecule has 16 heavy (non-hydrogen) atoms. The Labute approximate surface area is 106 Å². The Bertz CT molecular complexity index is 592. The summed E-state index contributed by atoms with van der Waals surface area (Å²) in [6.07, 6.45) is 0. The summed E-state index contributed by atoms with van der Waals surface area (Å²) in [5.74, 6) is 1.21. The number of pyridine rings is 1. The fraction of sp³-hybridized carbons (Fsp3) is 0.182. The zero-order chi connectivity index (χ0) is 11.7. The first kappa shape index (κ1) is 11.3. The maximum atomic E-state index is 11.7. The third-order valence-corrected chi connectivity index (χ3v) is 3.31. The Balaban J connectivity index is 2.95. The van der Waals surface area contributed by atoms with Crippen LogP contribution >= 0.6 is 22.6 Å². The largest absolute Gasteiger partial charge is 0.495 e. The van der Waals surface area contributed by atoms with Gasteiger partial charge >= 0.3 is 0 Å². The molecular formula is C11H10INO3. The zero-order valence-corrected chi connectivity index (χ0v) is 11.0. The molecule has 0 saturated carbocycles. The van der Waals surface area contributed by atoms with E-state index in [1.165, 1.54) is 0 Å². The molecular weight excluding hydrogens is 321 g/mol. The lowest BCUT2D eigenvalue weighted by Gasteiger charge is -2.09. The number of hydrogen-bond acceptors (Lipinski definition) is 3. The average Bonchev–Trinajstić information content (AvgIpc) is 2.30. The van der Waals surface area contributed by atoms with Gasteiger partial charge in [-0.2, -0.15) is 0 Å². The summed E-state index contributed by atoms with van der Waals surface area (Å²) in [6.45, 7) is 0. The molecule has 0 spiro atoms. The van der Waals surface area contributed by atoms with Gasteiger partial charge in [0.15, 0.2) is 0 Å². The molecule has 0 bridgehead atoms. The Morgan fingerprint density at radius 3 is 2.62 bits per heavy atom. The number of benzene rings is 1. The summed E-state index contributed by atoms with van der Waals surface area (Å²) in [4.78, 5) is 14.5. The number of nitrogens with one attached hydrogen (secondary N) is 1. The molecule has 0 aliphatic carbocycles. The number of aromatic amines is 1. The molecule has 0 atom stereocenters. The van der Waals surface area contributed by atoms with Crippen LogP contribution in [0.15, 0.2) is 23.0 Å². The van der Waals surface area contributed by atoms with Crippen molar-refractivity contribution in [3.8, 4) is 11.5 Å². The summed E-state index contributed by atoms with van der Waals surface area (Å²) in [7, 11) is 3.12. The van der Waals surface area contributed by atoms with Gasteiger partial charge in [-0.3, -0.25) is 4.79 Å². The molecule has 0 fully saturated rings. The molecule has 1 heterocycles. The first-order valence-corrected chi connectivity index (χ1v) is 5.69. The number of ether oxygens (including phenoxy) is 2. The highest BCUT2D eigenvalue weighted by molar-refractivity contribution is 14.1. The van der Waals surface area contributed by atoms with Crippen molar-refractivity contribution in [2.24, 2.45) is 0 Å². The van der Waals surface area contributed by atoms with Crippen LogP contribution in [0.25, 0.3) is 10.9 Å². The van der Waals surface area contributed by atoms with Gasteiger partial charge in [0, 0.05) is 5.39 Å². The average molecular weight is 331 g/mol. The van der Waals surface area contributed by atoms with Gasteiger partial charge in [-0.25, -0.2) is 0 Å². The number of rotatable bonds is 2. The van der Waals surface area contributed by atoms with Crippen LogP contribution in [0, 0.1) is 3.57 Å². The van der Waals surface area contributed by atoms with Crippen LogP contribution in [-0.2, 0) is 0 Å². The normalized spacial score (nSPS) is 10.4. The van der Waals surface area contributed by atoms with Crippen molar-refractivity contribution in [2.45, 2.75) is 0 Å². The van der Waals surface area contributed by atoms with Gasteiger partial charge in [-0.1, -0.05) is 6.07 Å². The van der Waals surface area contributed by atoms with E-state index in [0.717, 1.165) is 5.39 Å². The number of para-hydroxylation sites is 1. The van der Waals surface area contributed by atoms with Crippen molar-refractivity contribution < 1.29 is 9.47 Å². The van der Waals surface area contributed by atoms with Crippen LogP contribution in [-0.4, -0.2) is 19.2 Å².